The highest BCUT2D eigenvalue weighted by molar-refractivity contribution is 5.83. The summed E-state index contributed by atoms with van der Waals surface area (Å²) >= 11 is 0. The topological polar surface area (TPSA) is 80.5 Å². The lowest BCUT2D eigenvalue weighted by Gasteiger charge is -2.09. The van der Waals surface area contributed by atoms with Crippen molar-refractivity contribution in [2.75, 3.05) is 5.73 Å². The van der Waals surface area contributed by atoms with Gasteiger partial charge in [0.15, 0.2) is 0 Å². The molecular formula is C15H13N5. The second-order valence-corrected chi connectivity index (χ2v) is 4.73. The van der Waals surface area contributed by atoms with Gasteiger partial charge in [-0.1, -0.05) is 0 Å². The van der Waals surface area contributed by atoms with E-state index in [0.29, 0.717) is 16.9 Å². The van der Waals surface area contributed by atoms with Crippen LogP contribution in [0.2, 0.25) is 0 Å². The average Bonchev–Trinajstić information content (AvgIpc) is 2.80. The van der Waals surface area contributed by atoms with Crippen LogP contribution in [0.3, 0.4) is 0 Å². The van der Waals surface area contributed by atoms with E-state index in [2.05, 4.69) is 16.2 Å². The summed E-state index contributed by atoms with van der Waals surface area (Å²) in [4.78, 5) is 4.32. The fourth-order valence-electron chi connectivity index (χ4n) is 2.34. The van der Waals surface area contributed by atoms with Crippen LogP contribution in [0, 0.1) is 25.2 Å². The third-order valence-electron chi connectivity index (χ3n) is 3.24. The van der Waals surface area contributed by atoms with Crippen molar-refractivity contribution in [3.63, 3.8) is 0 Å². The number of hydrogen-bond donors (Lipinski definition) is 1. The molecule has 0 saturated carbocycles. The highest BCUT2D eigenvalue weighted by Gasteiger charge is 2.13. The van der Waals surface area contributed by atoms with Crippen molar-refractivity contribution in [2.24, 2.45) is 0 Å². The van der Waals surface area contributed by atoms with Gasteiger partial charge in [-0.05, 0) is 38.1 Å². The summed E-state index contributed by atoms with van der Waals surface area (Å²) in [5.41, 5.74) is 10.2. The summed E-state index contributed by atoms with van der Waals surface area (Å²) in [6, 6.07) is 9.68. The smallest absolute Gasteiger partial charge is 0.103 e. The zero-order chi connectivity index (χ0) is 14.3. The fraction of sp³-hybridized carbons (Fsp3) is 0.133. The molecule has 0 aliphatic rings. The standard InChI is InChI=1S/C15H13N5/c1-9-5-15(13(7-16)10(2)19-9)20-14-6-12(17)4-3-11(14)8-18-20/h3-6,8H,17H2,1-2H3. The largest absolute Gasteiger partial charge is 0.399 e. The summed E-state index contributed by atoms with van der Waals surface area (Å²) in [6.07, 6.45) is 1.76. The molecule has 0 aliphatic carbocycles. The summed E-state index contributed by atoms with van der Waals surface area (Å²) < 4.78 is 1.74. The van der Waals surface area contributed by atoms with Gasteiger partial charge in [0.2, 0.25) is 0 Å². The molecule has 0 radical (unpaired) electrons. The lowest BCUT2D eigenvalue weighted by molar-refractivity contribution is 0.894. The molecule has 5 heteroatoms. The summed E-state index contributed by atoms with van der Waals surface area (Å²) in [5, 5.41) is 14.7. The number of nitrogens with two attached hydrogens (primary N) is 1. The summed E-state index contributed by atoms with van der Waals surface area (Å²) in [7, 11) is 0. The van der Waals surface area contributed by atoms with E-state index in [9.17, 15) is 5.26 Å². The number of aryl methyl sites for hydroxylation is 2. The van der Waals surface area contributed by atoms with Crippen LogP contribution < -0.4 is 5.73 Å². The number of nitriles is 1. The van der Waals surface area contributed by atoms with E-state index in [-0.39, 0.29) is 0 Å². The van der Waals surface area contributed by atoms with Crippen molar-refractivity contribution in [2.45, 2.75) is 13.8 Å². The molecule has 0 amide bonds. The summed E-state index contributed by atoms with van der Waals surface area (Å²) in [5.74, 6) is 0. The molecule has 1 aromatic carbocycles. The Kier molecular flexibility index (Phi) is 2.65. The molecule has 0 unspecified atom stereocenters. The number of aromatic nitrogens is 3. The van der Waals surface area contributed by atoms with E-state index < -0.39 is 0 Å². The maximum atomic E-state index is 9.36. The molecule has 5 nitrogen and oxygen atoms in total. The van der Waals surface area contributed by atoms with Gasteiger partial charge in [0.05, 0.1) is 28.7 Å². The average molecular weight is 263 g/mol. The van der Waals surface area contributed by atoms with Crippen molar-refractivity contribution < 1.29 is 0 Å². The lowest BCUT2D eigenvalue weighted by Crippen LogP contribution is -2.04. The van der Waals surface area contributed by atoms with E-state index in [1.807, 2.05) is 38.1 Å². The highest BCUT2D eigenvalue weighted by atomic mass is 15.3. The van der Waals surface area contributed by atoms with Crippen LogP contribution in [0.1, 0.15) is 17.0 Å². The van der Waals surface area contributed by atoms with Gasteiger partial charge in [0.1, 0.15) is 6.07 Å². The van der Waals surface area contributed by atoms with Crippen LogP contribution in [0.25, 0.3) is 16.6 Å². The van der Waals surface area contributed by atoms with Gasteiger partial charge in [-0.2, -0.15) is 10.4 Å². The number of pyridine rings is 1. The number of nitrogen functional groups attached to an aromatic ring is 1. The molecule has 2 N–H and O–H groups in total. The number of hydrogen-bond acceptors (Lipinski definition) is 4. The Labute approximate surface area is 116 Å². The predicted molar refractivity (Wildman–Crippen MR) is 77.5 cm³/mol. The minimum Gasteiger partial charge on any atom is -0.399 e. The molecule has 0 aliphatic heterocycles. The number of rotatable bonds is 1. The van der Waals surface area contributed by atoms with Crippen LogP contribution in [0.5, 0.6) is 0 Å². The van der Waals surface area contributed by atoms with E-state index in [0.717, 1.165) is 22.3 Å². The zero-order valence-corrected chi connectivity index (χ0v) is 11.3. The van der Waals surface area contributed by atoms with Gasteiger partial charge >= 0.3 is 0 Å². The van der Waals surface area contributed by atoms with Crippen molar-refractivity contribution in [3.05, 3.63) is 47.4 Å². The Morgan fingerprint density at radius 3 is 2.80 bits per heavy atom. The Hall–Kier alpha value is -2.87. The van der Waals surface area contributed by atoms with Gasteiger partial charge in [0.25, 0.3) is 0 Å². The molecule has 3 rings (SSSR count). The SMILES string of the molecule is Cc1cc(-n2ncc3ccc(N)cc32)c(C#N)c(C)n1. The number of anilines is 1. The molecule has 2 heterocycles. The van der Waals surface area contributed by atoms with E-state index in [4.69, 9.17) is 5.73 Å². The van der Waals surface area contributed by atoms with Crippen LogP contribution in [0.4, 0.5) is 5.69 Å². The molecule has 20 heavy (non-hydrogen) atoms. The molecule has 0 atom stereocenters. The number of fused-ring (bicyclic) bond motifs is 1. The third kappa shape index (κ3) is 1.79. The second kappa shape index (κ2) is 4.35. The Bertz CT molecular complexity index is 855. The number of nitrogens with zero attached hydrogens (tertiary/aromatic N) is 4. The maximum Gasteiger partial charge on any atom is 0.103 e. The first-order valence-corrected chi connectivity index (χ1v) is 6.22. The van der Waals surface area contributed by atoms with Crippen LogP contribution in [-0.2, 0) is 0 Å². The van der Waals surface area contributed by atoms with Gasteiger partial charge in [-0.25, -0.2) is 4.68 Å². The quantitative estimate of drug-likeness (QED) is 0.684. The maximum absolute atomic E-state index is 9.36. The molecular weight excluding hydrogens is 250 g/mol. The van der Waals surface area contributed by atoms with Crippen molar-refractivity contribution >= 4 is 16.6 Å². The van der Waals surface area contributed by atoms with Gasteiger partial charge in [-0.3, -0.25) is 4.98 Å². The molecule has 2 aromatic heterocycles. The molecule has 3 aromatic rings. The van der Waals surface area contributed by atoms with Crippen molar-refractivity contribution in [3.8, 4) is 11.8 Å². The van der Waals surface area contributed by atoms with E-state index in [1.54, 1.807) is 10.9 Å². The number of benzene rings is 1. The van der Waals surface area contributed by atoms with Crippen LogP contribution >= 0.6 is 0 Å². The molecule has 0 fully saturated rings. The molecule has 0 saturated heterocycles. The minimum atomic E-state index is 0.531. The monoisotopic (exact) mass is 263 g/mol. The van der Waals surface area contributed by atoms with Gasteiger partial charge < -0.3 is 5.73 Å². The van der Waals surface area contributed by atoms with E-state index >= 15 is 0 Å². The third-order valence-corrected chi connectivity index (χ3v) is 3.24. The first kappa shape index (κ1) is 12.2. The summed E-state index contributed by atoms with van der Waals surface area (Å²) in [6.45, 7) is 3.73. The first-order valence-electron chi connectivity index (χ1n) is 6.22. The minimum absolute atomic E-state index is 0.531. The highest BCUT2D eigenvalue weighted by Crippen LogP contribution is 2.24. The Morgan fingerprint density at radius 2 is 2.05 bits per heavy atom. The first-order chi connectivity index (χ1) is 9.60. The Morgan fingerprint density at radius 1 is 1.25 bits per heavy atom. The van der Waals surface area contributed by atoms with E-state index in [1.165, 1.54) is 0 Å². The normalized spacial score (nSPS) is 10.7. The van der Waals surface area contributed by atoms with Gasteiger partial charge in [0, 0.05) is 16.8 Å². The lowest BCUT2D eigenvalue weighted by atomic mass is 10.1. The predicted octanol–water partition coefficient (Wildman–Crippen LogP) is 2.49. The van der Waals surface area contributed by atoms with Crippen molar-refractivity contribution in [1.29, 1.82) is 5.26 Å². The zero-order valence-electron chi connectivity index (χ0n) is 11.3. The molecule has 0 bridgehead atoms. The van der Waals surface area contributed by atoms with Crippen LogP contribution in [0.15, 0.2) is 30.5 Å². The van der Waals surface area contributed by atoms with Gasteiger partial charge in [-0.15, -0.1) is 0 Å². The fourth-order valence-corrected chi connectivity index (χ4v) is 2.34. The van der Waals surface area contributed by atoms with Crippen molar-refractivity contribution in [1.82, 2.24) is 14.8 Å². The van der Waals surface area contributed by atoms with Crippen LogP contribution in [-0.4, -0.2) is 14.8 Å². The molecule has 98 valence electrons. The molecule has 0 spiro atoms. The Balaban J connectivity index is 2.37. The second-order valence-electron chi connectivity index (χ2n) is 4.73.